The predicted molar refractivity (Wildman–Crippen MR) is 54.2 cm³/mol. The number of aliphatic hydroxyl groups is 1. The largest absolute Gasteiger partial charge is 0.389 e. The molecule has 0 aromatic carbocycles. The van der Waals surface area contributed by atoms with Gasteiger partial charge in [-0.25, -0.2) is 0 Å². The summed E-state index contributed by atoms with van der Waals surface area (Å²) in [6, 6.07) is 0. The molecule has 0 aliphatic heterocycles. The molecular weight excluding hydrogens is 234 g/mol. The van der Waals surface area contributed by atoms with Gasteiger partial charge in [-0.15, -0.1) is 0 Å². The summed E-state index contributed by atoms with van der Waals surface area (Å²) in [4.78, 5) is 0. The van der Waals surface area contributed by atoms with Crippen LogP contribution >= 0.6 is 15.9 Å². The molecule has 13 heavy (non-hydrogen) atoms. The van der Waals surface area contributed by atoms with Crippen LogP contribution < -0.4 is 5.73 Å². The van der Waals surface area contributed by atoms with Gasteiger partial charge >= 0.3 is 0 Å². The Morgan fingerprint density at radius 2 is 2.46 bits per heavy atom. The average molecular weight is 248 g/mol. The smallest absolute Gasteiger partial charge is 0.0759 e. The fourth-order valence-electron chi connectivity index (χ4n) is 0.918. The van der Waals surface area contributed by atoms with Gasteiger partial charge in [0, 0.05) is 19.3 Å². The van der Waals surface area contributed by atoms with Gasteiger partial charge < -0.3 is 10.8 Å². The Labute approximate surface area is 85.9 Å². The Balaban J connectivity index is 2.43. The summed E-state index contributed by atoms with van der Waals surface area (Å²) in [7, 11) is 0. The van der Waals surface area contributed by atoms with E-state index in [1.54, 1.807) is 17.8 Å². The van der Waals surface area contributed by atoms with Gasteiger partial charge in [-0.2, -0.15) is 5.10 Å². The van der Waals surface area contributed by atoms with Crippen LogP contribution in [0.1, 0.15) is 13.3 Å². The lowest BCUT2D eigenvalue weighted by atomic mass is 10.0. The Hall–Kier alpha value is -0.390. The molecule has 0 aliphatic carbocycles. The third-order valence-corrected chi connectivity index (χ3v) is 2.33. The van der Waals surface area contributed by atoms with Crippen molar-refractivity contribution in [1.82, 2.24) is 9.78 Å². The van der Waals surface area contributed by atoms with E-state index < -0.39 is 5.60 Å². The van der Waals surface area contributed by atoms with Crippen LogP contribution in [-0.2, 0) is 6.54 Å². The lowest BCUT2D eigenvalue weighted by Crippen LogP contribution is -2.35. The number of nitrogens with two attached hydrogens (primary N) is 1. The molecule has 0 spiro atoms. The first-order chi connectivity index (χ1) is 6.03. The maximum atomic E-state index is 9.61. The number of hydrogen-bond acceptors (Lipinski definition) is 3. The first-order valence-corrected chi connectivity index (χ1v) is 4.93. The standard InChI is InChI=1S/C8H14BrN3O/c1-8(13,6-10)2-3-12-5-7(9)4-11-12/h4-5,13H,2-3,6,10H2,1H3. The molecule has 0 radical (unpaired) electrons. The van der Waals surface area contributed by atoms with Crippen molar-refractivity contribution in [3.63, 3.8) is 0 Å². The van der Waals surface area contributed by atoms with Gasteiger partial charge in [0.2, 0.25) is 0 Å². The van der Waals surface area contributed by atoms with Crippen LogP contribution in [-0.4, -0.2) is 27.0 Å². The minimum absolute atomic E-state index is 0.273. The monoisotopic (exact) mass is 247 g/mol. The highest BCUT2D eigenvalue weighted by Gasteiger charge is 2.17. The molecule has 4 nitrogen and oxygen atoms in total. The van der Waals surface area contributed by atoms with E-state index in [2.05, 4.69) is 21.0 Å². The molecule has 0 saturated heterocycles. The molecule has 0 amide bonds. The summed E-state index contributed by atoms with van der Waals surface area (Å²) in [6.07, 6.45) is 4.20. The van der Waals surface area contributed by atoms with Crippen molar-refractivity contribution < 1.29 is 5.11 Å². The first-order valence-electron chi connectivity index (χ1n) is 4.14. The maximum Gasteiger partial charge on any atom is 0.0759 e. The zero-order valence-electron chi connectivity index (χ0n) is 7.57. The fraction of sp³-hybridized carbons (Fsp3) is 0.625. The van der Waals surface area contributed by atoms with Gasteiger partial charge in [0.05, 0.1) is 16.3 Å². The average Bonchev–Trinajstić information content (AvgIpc) is 2.48. The Morgan fingerprint density at radius 3 is 2.92 bits per heavy atom. The molecule has 1 heterocycles. The highest BCUT2D eigenvalue weighted by Crippen LogP contribution is 2.11. The van der Waals surface area contributed by atoms with E-state index in [4.69, 9.17) is 5.73 Å². The second-order valence-corrected chi connectivity index (χ2v) is 4.29. The number of aryl methyl sites for hydroxylation is 1. The van der Waals surface area contributed by atoms with E-state index in [0.717, 1.165) is 4.47 Å². The maximum absolute atomic E-state index is 9.61. The van der Waals surface area contributed by atoms with E-state index in [-0.39, 0.29) is 6.54 Å². The van der Waals surface area contributed by atoms with E-state index in [9.17, 15) is 5.11 Å². The zero-order valence-corrected chi connectivity index (χ0v) is 9.16. The SMILES string of the molecule is CC(O)(CN)CCn1cc(Br)cn1. The molecule has 0 saturated carbocycles. The van der Waals surface area contributed by atoms with Crippen LogP contribution in [0.2, 0.25) is 0 Å². The Kier molecular flexibility index (Phi) is 3.47. The number of aromatic nitrogens is 2. The van der Waals surface area contributed by atoms with Crippen LogP contribution in [0.5, 0.6) is 0 Å². The zero-order chi connectivity index (χ0) is 9.90. The topological polar surface area (TPSA) is 64.1 Å². The predicted octanol–water partition coefficient (Wildman–Crippen LogP) is 0.745. The minimum Gasteiger partial charge on any atom is -0.389 e. The van der Waals surface area contributed by atoms with Crippen LogP contribution in [0.15, 0.2) is 16.9 Å². The minimum atomic E-state index is -0.793. The highest BCUT2D eigenvalue weighted by molar-refractivity contribution is 9.10. The summed E-state index contributed by atoms with van der Waals surface area (Å²) in [5.41, 5.74) is 4.59. The summed E-state index contributed by atoms with van der Waals surface area (Å²) in [5, 5.41) is 13.7. The first kappa shape index (κ1) is 10.7. The molecule has 1 aromatic heterocycles. The van der Waals surface area contributed by atoms with Crippen molar-refractivity contribution in [3.8, 4) is 0 Å². The van der Waals surface area contributed by atoms with Crippen molar-refractivity contribution in [2.75, 3.05) is 6.54 Å². The molecule has 5 heteroatoms. The normalized spacial score (nSPS) is 15.7. The van der Waals surface area contributed by atoms with Gasteiger partial charge in [0.1, 0.15) is 0 Å². The third kappa shape index (κ3) is 3.46. The van der Waals surface area contributed by atoms with Gasteiger partial charge in [-0.3, -0.25) is 4.68 Å². The van der Waals surface area contributed by atoms with Gasteiger partial charge in [-0.1, -0.05) is 0 Å². The summed E-state index contributed by atoms with van der Waals surface area (Å²) < 4.78 is 2.72. The third-order valence-electron chi connectivity index (χ3n) is 1.92. The van der Waals surface area contributed by atoms with Crippen LogP contribution in [0.3, 0.4) is 0 Å². The Bertz CT molecular complexity index is 272. The second-order valence-electron chi connectivity index (χ2n) is 3.37. The van der Waals surface area contributed by atoms with E-state index >= 15 is 0 Å². The molecule has 1 unspecified atom stereocenters. The van der Waals surface area contributed by atoms with Gasteiger partial charge in [-0.05, 0) is 29.3 Å². The molecule has 1 atom stereocenters. The van der Waals surface area contributed by atoms with Crippen LogP contribution in [0.25, 0.3) is 0 Å². The molecule has 3 N–H and O–H groups in total. The molecule has 1 aromatic rings. The summed E-state index contributed by atoms with van der Waals surface area (Å²) >= 11 is 3.30. The quantitative estimate of drug-likeness (QED) is 0.826. The number of nitrogens with zero attached hydrogens (tertiary/aromatic N) is 2. The van der Waals surface area contributed by atoms with Gasteiger partial charge in [0.25, 0.3) is 0 Å². The highest BCUT2D eigenvalue weighted by atomic mass is 79.9. The lowest BCUT2D eigenvalue weighted by Gasteiger charge is -2.20. The van der Waals surface area contributed by atoms with Crippen molar-refractivity contribution in [1.29, 1.82) is 0 Å². The number of rotatable bonds is 4. The molecule has 0 bridgehead atoms. The van der Waals surface area contributed by atoms with Crippen LogP contribution in [0.4, 0.5) is 0 Å². The molecule has 0 fully saturated rings. The van der Waals surface area contributed by atoms with Crippen LogP contribution in [0, 0.1) is 0 Å². The second kappa shape index (κ2) is 4.21. The summed E-state index contributed by atoms with van der Waals surface area (Å²) in [5.74, 6) is 0. The van der Waals surface area contributed by atoms with E-state index in [1.807, 2.05) is 6.20 Å². The lowest BCUT2D eigenvalue weighted by molar-refractivity contribution is 0.0543. The van der Waals surface area contributed by atoms with Crippen molar-refractivity contribution in [2.24, 2.45) is 5.73 Å². The molecule has 74 valence electrons. The molecular formula is C8H14BrN3O. The Morgan fingerprint density at radius 1 is 1.77 bits per heavy atom. The van der Waals surface area contributed by atoms with E-state index in [0.29, 0.717) is 13.0 Å². The number of halogens is 1. The van der Waals surface area contributed by atoms with Crippen molar-refractivity contribution in [2.45, 2.75) is 25.5 Å². The molecule has 1 rings (SSSR count). The fourth-order valence-corrected chi connectivity index (χ4v) is 1.25. The van der Waals surface area contributed by atoms with Crippen molar-refractivity contribution in [3.05, 3.63) is 16.9 Å². The molecule has 0 aliphatic rings. The van der Waals surface area contributed by atoms with E-state index in [1.165, 1.54) is 0 Å². The van der Waals surface area contributed by atoms with Crippen molar-refractivity contribution >= 4 is 15.9 Å². The van der Waals surface area contributed by atoms with Gasteiger partial charge in [0.15, 0.2) is 0 Å². The number of hydrogen-bond donors (Lipinski definition) is 2. The summed E-state index contributed by atoms with van der Waals surface area (Å²) in [6.45, 7) is 2.68.